The van der Waals surface area contributed by atoms with E-state index in [1.54, 1.807) is 25.4 Å². The monoisotopic (exact) mass is 374 g/mol. The van der Waals surface area contributed by atoms with E-state index in [-0.39, 0.29) is 5.91 Å². The lowest BCUT2D eigenvalue weighted by Crippen LogP contribution is -2.22. The van der Waals surface area contributed by atoms with Crippen LogP contribution in [0.25, 0.3) is 33.3 Å². The van der Waals surface area contributed by atoms with Crippen LogP contribution in [0, 0.1) is 12.7 Å². The van der Waals surface area contributed by atoms with E-state index in [1.165, 1.54) is 6.07 Å². The highest BCUT2D eigenvalue weighted by molar-refractivity contribution is 5.98. The summed E-state index contributed by atoms with van der Waals surface area (Å²) >= 11 is 0. The molecule has 4 rings (SSSR count). The standard InChI is InChI=1S/C22H19FN4O/c1-3-25-22(28)16-9-18(13(2)19(23)10-16)14-6-7-17-20(11-14)26-27-21(17)15-5-4-8-24-12-15/h4-12H,3H2,1-2H3,(H,25,28)(H,26,27). The Morgan fingerprint density at radius 3 is 2.79 bits per heavy atom. The first-order chi connectivity index (χ1) is 13.6. The molecule has 2 aromatic heterocycles. The van der Waals surface area contributed by atoms with Gasteiger partial charge in [0.1, 0.15) is 11.5 Å². The zero-order valence-corrected chi connectivity index (χ0v) is 15.6. The third kappa shape index (κ3) is 3.13. The molecule has 140 valence electrons. The second kappa shape index (κ2) is 7.23. The maximum atomic E-state index is 14.5. The molecule has 28 heavy (non-hydrogen) atoms. The molecule has 0 unspecified atom stereocenters. The Morgan fingerprint density at radius 1 is 1.18 bits per heavy atom. The number of benzene rings is 2. The minimum atomic E-state index is -0.403. The molecule has 6 heteroatoms. The second-order valence-corrected chi connectivity index (χ2v) is 6.56. The van der Waals surface area contributed by atoms with Crippen molar-refractivity contribution in [3.8, 4) is 22.4 Å². The number of pyridine rings is 1. The average molecular weight is 374 g/mol. The van der Waals surface area contributed by atoms with Gasteiger partial charge in [-0.15, -0.1) is 0 Å². The first-order valence-corrected chi connectivity index (χ1v) is 9.05. The number of carbonyl (C=O) groups excluding carboxylic acids is 1. The zero-order chi connectivity index (χ0) is 19.7. The van der Waals surface area contributed by atoms with E-state index in [0.717, 1.165) is 27.7 Å². The van der Waals surface area contributed by atoms with E-state index >= 15 is 0 Å². The largest absolute Gasteiger partial charge is 0.352 e. The maximum absolute atomic E-state index is 14.5. The number of halogens is 1. The Bertz CT molecular complexity index is 1170. The predicted octanol–water partition coefficient (Wildman–Crippen LogP) is 4.49. The van der Waals surface area contributed by atoms with Crippen LogP contribution in [-0.4, -0.2) is 27.6 Å². The molecule has 0 saturated heterocycles. The van der Waals surface area contributed by atoms with Gasteiger partial charge >= 0.3 is 0 Å². The van der Waals surface area contributed by atoms with Crippen LogP contribution in [0.5, 0.6) is 0 Å². The molecule has 0 atom stereocenters. The number of aromatic nitrogens is 3. The summed E-state index contributed by atoms with van der Waals surface area (Å²) < 4.78 is 14.5. The predicted molar refractivity (Wildman–Crippen MR) is 107 cm³/mol. The molecule has 0 aliphatic heterocycles. The number of amides is 1. The van der Waals surface area contributed by atoms with E-state index in [9.17, 15) is 9.18 Å². The van der Waals surface area contributed by atoms with Crippen LogP contribution < -0.4 is 5.32 Å². The smallest absolute Gasteiger partial charge is 0.251 e. The van der Waals surface area contributed by atoms with Gasteiger partial charge < -0.3 is 5.32 Å². The van der Waals surface area contributed by atoms with Crippen molar-refractivity contribution in [2.75, 3.05) is 6.54 Å². The lowest BCUT2D eigenvalue weighted by Gasteiger charge is -2.11. The molecule has 0 spiro atoms. The highest BCUT2D eigenvalue weighted by atomic mass is 19.1. The fourth-order valence-electron chi connectivity index (χ4n) is 3.28. The summed E-state index contributed by atoms with van der Waals surface area (Å²) in [5.41, 5.74) is 4.87. The molecule has 2 heterocycles. The highest BCUT2D eigenvalue weighted by Crippen LogP contribution is 2.32. The molecular weight excluding hydrogens is 355 g/mol. The van der Waals surface area contributed by atoms with E-state index in [4.69, 9.17) is 0 Å². The molecule has 0 radical (unpaired) electrons. The van der Waals surface area contributed by atoms with Gasteiger partial charge in [0, 0.05) is 35.5 Å². The second-order valence-electron chi connectivity index (χ2n) is 6.56. The minimum absolute atomic E-state index is 0.288. The number of fused-ring (bicyclic) bond motifs is 1. The van der Waals surface area contributed by atoms with Gasteiger partial charge in [0.2, 0.25) is 0 Å². The number of aromatic amines is 1. The van der Waals surface area contributed by atoms with Crippen LogP contribution in [0.15, 0.2) is 54.9 Å². The average Bonchev–Trinajstić information content (AvgIpc) is 3.14. The molecule has 5 nitrogen and oxygen atoms in total. The van der Waals surface area contributed by atoms with Crippen LogP contribution in [0.4, 0.5) is 4.39 Å². The van der Waals surface area contributed by atoms with Gasteiger partial charge in [-0.2, -0.15) is 5.10 Å². The van der Waals surface area contributed by atoms with Crippen molar-refractivity contribution < 1.29 is 9.18 Å². The van der Waals surface area contributed by atoms with Crippen molar-refractivity contribution in [2.24, 2.45) is 0 Å². The summed E-state index contributed by atoms with van der Waals surface area (Å²) in [6.07, 6.45) is 3.48. The number of nitrogens with one attached hydrogen (secondary N) is 2. The molecule has 2 N–H and O–H groups in total. The first-order valence-electron chi connectivity index (χ1n) is 9.05. The summed E-state index contributed by atoms with van der Waals surface area (Å²) in [7, 11) is 0. The Morgan fingerprint density at radius 2 is 2.04 bits per heavy atom. The number of nitrogens with zero attached hydrogens (tertiary/aromatic N) is 2. The van der Waals surface area contributed by atoms with E-state index < -0.39 is 5.82 Å². The summed E-state index contributed by atoms with van der Waals surface area (Å²) in [5, 5.41) is 11.1. The Balaban J connectivity index is 1.81. The Hall–Kier alpha value is -3.54. The number of H-pyrrole nitrogens is 1. The minimum Gasteiger partial charge on any atom is -0.352 e. The molecule has 4 aromatic rings. The van der Waals surface area contributed by atoms with Gasteiger partial charge in [0.25, 0.3) is 5.91 Å². The fourth-order valence-corrected chi connectivity index (χ4v) is 3.28. The molecule has 0 aliphatic rings. The van der Waals surface area contributed by atoms with Gasteiger partial charge in [0.15, 0.2) is 0 Å². The van der Waals surface area contributed by atoms with Crippen LogP contribution >= 0.6 is 0 Å². The quantitative estimate of drug-likeness (QED) is 0.553. The van der Waals surface area contributed by atoms with Crippen LogP contribution in [0.2, 0.25) is 0 Å². The number of rotatable bonds is 4. The summed E-state index contributed by atoms with van der Waals surface area (Å²) in [6, 6.07) is 12.6. The maximum Gasteiger partial charge on any atom is 0.251 e. The first kappa shape index (κ1) is 17.9. The molecule has 0 aliphatic carbocycles. The van der Waals surface area contributed by atoms with Crippen molar-refractivity contribution in [2.45, 2.75) is 13.8 Å². The molecule has 0 fully saturated rings. The molecule has 0 bridgehead atoms. The molecule has 1 amide bonds. The number of hydrogen-bond donors (Lipinski definition) is 2. The molecular formula is C22H19FN4O. The van der Waals surface area contributed by atoms with Gasteiger partial charge in [-0.05, 0) is 66.9 Å². The van der Waals surface area contributed by atoms with Crippen LogP contribution in [-0.2, 0) is 0 Å². The third-order valence-corrected chi connectivity index (χ3v) is 4.75. The Labute approximate surface area is 161 Å². The van der Waals surface area contributed by atoms with Crippen LogP contribution in [0.3, 0.4) is 0 Å². The fraction of sp³-hybridized carbons (Fsp3) is 0.136. The third-order valence-electron chi connectivity index (χ3n) is 4.75. The van der Waals surface area contributed by atoms with Gasteiger partial charge in [-0.25, -0.2) is 4.39 Å². The summed E-state index contributed by atoms with van der Waals surface area (Å²) in [4.78, 5) is 16.3. The number of carbonyl (C=O) groups is 1. The van der Waals surface area contributed by atoms with Gasteiger partial charge in [-0.1, -0.05) is 6.07 Å². The van der Waals surface area contributed by atoms with Crippen molar-refractivity contribution in [3.63, 3.8) is 0 Å². The van der Waals surface area contributed by atoms with Crippen molar-refractivity contribution in [1.82, 2.24) is 20.5 Å². The normalized spacial score (nSPS) is 11.0. The lowest BCUT2D eigenvalue weighted by molar-refractivity contribution is 0.0955. The SMILES string of the molecule is CCNC(=O)c1cc(F)c(C)c(-c2ccc3c(-c4cccnc4)n[nH]c3c2)c1. The van der Waals surface area contributed by atoms with E-state index in [0.29, 0.717) is 23.2 Å². The summed E-state index contributed by atoms with van der Waals surface area (Å²) in [5.74, 6) is -0.691. The van der Waals surface area contributed by atoms with Crippen molar-refractivity contribution in [1.29, 1.82) is 0 Å². The van der Waals surface area contributed by atoms with Gasteiger partial charge in [-0.3, -0.25) is 14.9 Å². The topological polar surface area (TPSA) is 70.7 Å². The molecule has 0 saturated carbocycles. The van der Waals surface area contributed by atoms with Gasteiger partial charge in [0.05, 0.1) is 5.52 Å². The Kier molecular flexibility index (Phi) is 4.61. The number of hydrogen-bond acceptors (Lipinski definition) is 3. The zero-order valence-electron chi connectivity index (χ0n) is 15.6. The van der Waals surface area contributed by atoms with Crippen LogP contribution in [0.1, 0.15) is 22.8 Å². The molecule has 2 aromatic carbocycles. The van der Waals surface area contributed by atoms with Crippen molar-refractivity contribution >= 4 is 16.8 Å². The highest BCUT2D eigenvalue weighted by Gasteiger charge is 2.15. The van der Waals surface area contributed by atoms with E-state index in [1.807, 2.05) is 37.3 Å². The van der Waals surface area contributed by atoms with Crippen molar-refractivity contribution in [3.05, 3.63) is 71.8 Å². The summed E-state index contributed by atoms with van der Waals surface area (Å²) in [6.45, 7) is 4.03. The van der Waals surface area contributed by atoms with E-state index in [2.05, 4.69) is 20.5 Å². The lowest BCUT2D eigenvalue weighted by atomic mass is 9.96.